The lowest BCUT2D eigenvalue weighted by atomic mass is 10.0. The molecule has 0 radical (unpaired) electrons. The summed E-state index contributed by atoms with van der Waals surface area (Å²) in [4.78, 5) is 11.6. The van der Waals surface area contributed by atoms with Crippen LogP contribution in [0.3, 0.4) is 0 Å². The first-order valence-corrected chi connectivity index (χ1v) is 8.54. The van der Waals surface area contributed by atoms with E-state index in [0.29, 0.717) is 13.1 Å². The molecule has 0 aliphatic heterocycles. The van der Waals surface area contributed by atoms with Crippen LogP contribution in [-0.2, 0) is 4.74 Å². The van der Waals surface area contributed by atoms with E-state index in [4.69, 9.17) is 4.74 Å². The number of aliphatic hydroxyl groups is 1. The second kappa shape index (κ2) is 9.04. The molecule has 0 aliphatic carbocycles. The Bertz CT molecular complexity index is 490. The van der Waals surface area contributed by atoms with Gasteiger partial charge in [0.05, 0.1) is 5.60 Å². The van der Waals surface area contributed by atoms with Crippen LogP contribution in [0.4, 0.5) is 4.79 Å². The highest BCUT2D eigenvalue weighted by molar-refractivity contribution is 5.67. The highest BCUT2D eigenvalue weighted by atomic mass is 16.6. The number of carbonyl (C=O) groups is 1. The molecule has 1 atom stereocenters. The third-order valence-corrected chi connectivity index (χ3v) is 3.32. The summed E-state index contributed by atoms with van der Waals surface area (Å²) in [5.41, 5.74) is -0.0637. The number of rotatable bonds is 8. The lowest BCUT2D eigenvalue weighted by Crippen LogP contribution is -2.37. The van der Waals surface area contributed by atoms with Crippen LogP contribution < -0.4 is 10.6 Å². The zero-order chi connectivity index (χ0) is 18.2. The Morgan fingerprint density at radius 3 is 2.33 bits per heavy atom. The van der Waals surface area contributed by atoms with Crippen LogP contribution >= 0.6 is 0 Å². The Morgan fingerprint density at radius 2 is 1.79 bits per heavy atom. The highest BCUT2D eigenvalue weighted by Gasteiger charge is 2.18. The third-order valence-electron chi connectivity index (χ3n) is 3.32. The summed E-state index contributed by atoms with van der Waals surface area (Å²) in [5, 5.41) is 16.1. The molecule has 0 fully saturated rings. The lowest BCUT2D eigenvalue weighted by molar-refractivity contribution is 0.0526. The number of alkyl carbamates (subject to hydrolysis) is 1. The van der Waals surface area contributed by atoms with E-state index in [2.05, 4.69) is 22.8 Å². The van der Waals surface area contributed by atoms with E-state index in [1.165, 1.54) is 5.56 Å². The van der Waals surface area contributed by atoms with Crippen molar-refractivity contribution in [3.05, 3.63) is 35.9 Å². The number of hydrogen-bond donors (Lipinski definition) is 3. The van der Waals surface area contributed by atoms with Crippen LogP contribution in [0.5, 0.6) is 0 Å². The summed E-state index contributed by atoms with van der Waals surface area (Å²) >= 11 is 0. The number of ether oxygens (including phenoxy) is 1. The number of amides is 1. The molecule has 1 aromatic carbocycles. The van der Waals surface area contributed by atoms with Gasteiger partial charge in [-0.2, -0.15) is 0 Å². The van der Waals surface area contributed by atoms with Gasteiger partial charge in [-0.15, -0.1) is 0 Å². The fraction of sp³-hybridized carbons (Fsp3) is 0.632. The second-order valence-corrected chi connectivity index (χ2v) is 7.73. The summed E-state index contributed by atoms with van der Waals surface area (Å²) in [7, 11) is 0. The largest absolute Gasteiger partial charge is 0.444 e. The van der Waals surface area contributed by atoms with Crippen molar-refractivity contribution in [1.82, 2.24) is 10.6 Å². The van der Waals surface area contributed by atoms with Crippen LogP contribution in [0.25, 0.3) is 0 Å². The van der Waals surface area contributed by atoms with Gasteiger partial charge in [0, 0.05) is 19.1 Å². The smallest absolute Gasteiger partial charge is 0.407 e. The third kappa shape index (κ3) is 9.53. The van der Waals surface area contributed by atoms with Gasteiger partial charge in [-0.3, -0.25) is 0 Å². The molecule has 1 rings (SSSR count). The molecule has 5 nitrogen and oxygen atoms in total. The monoisotopic (exact) mass is 336 g/mol. The van der Waals surface area contributed by atoms with Crippen molar-refractivity contribution in [3.8, 4) is 0 Å². The molecule has 1 aromatic rings. The van der Waals surface area contributed by atoms with E-state index in [9.17, 15) is 9.90 Å². The van der Waals surface area contributed by atoms with Crippen molar-refractivity contribution in [3.63, 3.8) is 0 Å². The van der Waals surface area contributed by atoms with E-state index in [1.54, 1.807) is 13.8 Å². The zero-order valence-electron chi connectivity index (χ0n) is 15.6. The van der Waals surface area contributed by atoms with E-state index >= 15 is 0 Å². The first kappa shape index (κ1) is 20.5. The van der Waals surface area contributed by atoms with Crippen molar-refractivity contribution < 1.29 is 14.6 Å². The summed E-state index contributed by atoms with van der Waals surface area (Å²) in [5.74, 6) is 0. The number of carbonyl (C=O) groups excluding carboxylic acids is 1. The Kier molecular flexibility index (Phi) is 7.70. The van der Waals surface area contributed by atoms with Crippen molar-refractivity contribution in [2.45, 2.75) is 64.7 Å². The van der Waals surface area contributed by atoms with Gasteiger partial charge in [-0.05, 0) is 53.0 Å². The van der Waals surface area contributed by atoms with Gasteiger partial charge in [0.15, 0.2) is 0 Å². The molecule has 0 heterocycles. The molecule has 1 amide bonds. The first-order chi connectivity index (χ1) is 11.1. The Balaban J connectivity index is 2.47. The quantitative estimate of drug-likeness (QED) is 0.636. The minimum absolute atomic E-state index is 0.137. The van der Waals surface area contributed by atoms with Crippen LogP contribution in [-0.4, -0.2) is 35.5 Å². The molecule has 0 aliphatic rings. The molecule has 0 saturated carbocycles. The molecule has 0 spiro atoms. The topological polar surface area (TPSA) is 70.6 Å². The molecule has 5 heteroatoms. The number of benzene rings is 1. The predicted octanol–water partition coefficient (Wildman–Crippen LogP) is 3.39. The zero-order valence-corrected chi connectivity index (χ0v) is 15.6. The first-order valence-electron chi connectivity index (χ1n) is 8.54. The highest BCUT2D eigenvalue weighted by Crippen LogP contribution is 2.19. The molecule has 0 unspecified atom stereocenters. The van der Waals surface area contributed by atoms with Crippen LogP contribution in [0, 0.1) is 0 Å². The van der Waals surface area contributed by atoms with E-state index in [0.717, 1.165) is 12.8 Å². The van der Waals surface area contributed by atoms with Crippen molar-refractivity contribution in [2.75, 3.05) is 13.1 Å². The maximum absolute atomic E-state index is 11.6. The Morgan fingerprint density at radius 1 is 1.17 bits per heavy atom. The maximum Gasteiger partial charge on any atom is 0.407 e. The minimum Gasteiger partial charge on any atom is -0.444 e. The molecule has 136 valence electrons. The summed E-state index contributed by atoms with van der Waals surface area (Å²) in [6, 6.07) is 10.3. The minimum atomic E-state index is -0.762. The van der Waals surface area contributed by atoms with Crippen molar-refractivity contribution in [1.29, 1.82) is 0 Å². The SMILES string of the molecule is CC(C)(O)CN[C@@H](CCCNC(=O)OC(C)(C)C)c1ccccc1. The van der Waals surface area contributed by atoms with Crippen molar-refractivity contribution >= 4 is 6.09 Å². The van der Waals surface area contributed by atoms with E-state index < -0.39 is 11.2 Å². The second-order valence-electron chi connectivity index (χ2n) is 7.73. The molecule has 3 N–H and O–H groups in total. The number of nitrogens with one attached hydrogen (secondary N) is 2. The lowest BCUT2D eigenvalue weighted by Gasteiger charge is -2.25. The van der Waals surface area contributed by atoms with E-state index in [-0.39, 0.29) is 12.1 Å². The normalized spacial score (nSPS) is 13.4. The molecule has 0 bridgehead atoms. The van der Waals surface area contributed by atoms with Crippen LogP contribution in [0.2, 0.25) is 0 Å². The molecular formula is C19H32N2O3. The van der Waals surface area contributed by atoms with Crippen LogP contribution in [0.15, 0.2) is 30.3 Å². The predicted molar refractivity (Wildman–Crippen MR) is 97.0 cm³/mol. The van der Waals surface area contributed by atoms with Gasteiger partial charge in [0.2, 0.25) is 0 Å². The Labute approximate surface area is 145 Å². The average Bonchev–Trinajstić information content (AvgIpc) is 2.44. The summed E-state index contributed by atoms with van der Waals surface area (Å²) < 4.78 is 5.22. The van der Waals surface area contributed by atoms with Crippen molar-refractivity contribution in [2.24, 2.45) is 0 Å². The Hall–Kier alpha value is -1.59. The van der Waals surface area contributed by atoms with Gasteiger partial charge in [-0.1, -0.05) is 30.3 Å². The fourth-order valence-electron chi connectivity index (χ4n) is 2.26. The average molecular weight is 336 g/mol. The van der Waals surface area contributed by atoms with Gasteiger partial charge in [0.25, 0.3) is 0 Å². The summed E-state index contributed by atoms with van der Waals surface area (Å²) in [6.45, 7) is 10.2. The standard InChI is InChI=1S/C19H32N2O3/c1-18(2,3)24-17(22)20-13-9-12-16(21-14-19(4,5)23)15-10-7-6-8-11-15/h6-8,10-11,16,21,23H,9,12-14H2,1-5H3,(H,20,22)/t16-/m0/s1. The maximum atomic E-state index is 11.6. The molecule has 0 aromatic heterocycles. The van der Waals surface area contributed by atoms with Crippen LogP contribution in [0.1, 0.15) is 59.1 Å². The fourth-order valence-corrected chi connectivity index (χ4v) is 2.26. The molecule has 0 saturated heterocycles. The number of hydrogen-bond acceptors (Lipinski definition) is 4. The van der Waals surface area contributed by atoms with Gasteiger partial charge >= 0.3 is 6.09 Å². The summed E-state index contributed by atoms with van der Waals surface area (Å²) in [6.07, 6.45) is 1.29. The van der Waals surface area contributed by atoms with Gasteiger partial charge < -0.3 is 20.5 Å². The van der Waals surface area contributed by atoms with Gasteiger partial charge in [-0.25, -0.2) is 4.79 Å². The van der Waals surface area contributed by atoms with E-state index in [1.807, 2.05) is 39.0 Å². The molecule has 24 heavy (non-hydrogen) atoms. The molecular weight excluding hydrogens is 304 g/mol. The van der Waals surface area contributed by atoms with Gasteiger partial charge in [0.1, 0.15) is 5.60 Å².